The Morgan fingerprint density at radius 1 is 1.25 bits per heavy atom. The van der Waals surface area contributed by atoms with E-state index in [2.05, 4.69) is 10.1 Å². The maximum Gasteiger partial charge on any atom is 0.343 e. The third-order valence-corrected chi connectivity index (χ3v) is 3.96. The number of nitrogens with zero attached hydrogens (tertiary/aromatic N) is 2. The molecule has 124 valence electrons. The van der Waals surface area contributed by atoms with Crippen LogP contribution in [0.4, 0.5) is 0 Å². The van der Waals surface area contributed by atoms with Crippen LogP contribution in [0.5, 0.6) is 0 Å². The molecule has 0 aliphatic rings. The van der Waals surface area contributed by atoms with Gasteiger partial charge in [0, 0.05) is 23.4 Å². The number of benzene rings is 1. The summed E-state index contributed by atoms with van der Waals surface area (Å²) in [5.74, 6) is -0.476. The van der Waals surface area contributed by atoms with Crippen LogP contribution in [0.3, 0.4) is 0 Å². The summed E-state index contributed by atoms with van der Waals surface area (Å²) in [7, 11) is 0. The minimum Gasteiger partial charge on any atom is -0.462 e. The first-order valence-electron chi connectivity index (χ1n) is 7.84. The lowest BCUT2D eigenvalue weighted by atomic mass is 10.1. The van der Waals surface area contributed by atoms with Gasteiger partial charge in [-0.15, -0.1) is 0 Å². The smallest absolute Gasteiger partial charge is 0.343 e. The predicted octanol–water partition coefficient (Wildman–Crippen LogP) is 2.41. The van der Waals surface area contributed by atoms with E-state index >= 15 is 0 Å². The Hall–Kier alpha value is -2.89. The van der Waals surface area contributed by atoms with Crippen LogP contribution in [-0.2, 0) is 11.2 Å². The second-order valence-electron chi connectivity index (χ2n) is 5.63. The van der Waals surface area contributed by atoms with Crippen molar-refractivity contribution in [3.05, 3.63) is 68.8 Å². The molecule has 1 N–H and O–H groups in total. The number of H-pyrrole nitrogens is 1. The summed E-state index contributed by atoms with van der Waals surface area (Å²) >= 11 is 0. The second kappa shape index (κ2) is 6.31. The van der Waals surface area contributed by atoms with Gasteiger partial charge in [-0.2, -0.15) is 0 Å². The minimum absolute atomic E-state index is 0.194. The van der Waals surface area contributed by atoms with Crippen molar-refractivity contribution in [3.63, 3.8) is 0 Å². The van der Waals surface area contributed by atoms with Gasteiger partial charge in [0.25, 0.3) is 5.56 Å². The van der Waals surface area contributed by atoms with E-state index in [9.17, 15) is 9.59 Å². The SMILES string of the molecule is CCOC(=O)c1c(C)[nH]n2c(=O)c(Cc3ccccc3)c(C)nc12. The Morgan fingerprint density at radius 3 is 2.62 bits per heavy atom. The summed E-state index contributed by atoms with van der Waals surface area (Å²) in [4.78, 5) is 29.5. The number of hydrogen-bond acceptors (Lipinski definition) is 4. The molecule has 0 unspecified atom stereocenters. The Morgan fingerprint density at radius 2 is 1.96 bits per heavy atom. The van der Waals surface area contributed by atoms with Crippen LogP contribution in [0.1, 0.15) is 39.8 Å². The van der Waals surface area contributed by atoms with Crippen molar-refractivity contribution in [1.82, 2.24) is 14.6 Å². The zero-order valence-electron chi connectivity index (χ0n) is 13.9. The molecule has 0 bridgehead atoms. The molecule has 0 saturated heterocycles. The first kappa shape index (κ1) is 16.0. The van der Waals surface area contributed by atoms with Crippen molar-refractivity contribution in [2.24, 2.45) is 0 Å². The fraction of sp³-hybridized carbons (Fsp3) is 0.278. The number of aryl methyl sites for hydroxylation is 2. The lowest BCUT2D eigenvalue weighted by Gasteiger charge is -2.06. The van der Waals surface area contributed by atoms with Crippen LogP contribution in [-0.4, -0.2) is 27.2 Å². The molecule has 3 aromatic rings. The first-order chi connectivity index (χ1) is 11.5. The summed E-state index contributed by atoms with van der Waals surface area (Å²) in [5.41, 5.74) is 3.25. The van der Waals surface area contributed by atoms with Gasteiger partial charge in [0.15, 0.2) is 5.65 Å². The number of fused-ring (bicyclic) bond motifs is 1. The quantitative estimate of drug-likeness (QED) is 0.747. The lowest BCUT2D eigenvalue weighted by Crippen LogP contribution is -2.22. The number of ether oxygens (including phenoxy) is 1. The van der Waals surface area contributed by atoms with Crippen molar-refractivity contribution in [3.8, 4) is 0 Å². The van der Waals surface area contributed by atoms with Crippen LogP contribution < -0.4 is 5.56 Å². The molecule has 2 aromatic heterocycles. The van der Waals surface area contributed by atoms with Gasteiger partial charge in [-0.3, -0.25) is 9.89 Å². The Labute approximate surface area is 139 Å². The largest absolute Gasteiger partial charge is 0.462 e. The molecular formula is C18H19N3O3. The van der Waals surface area contributed by atoms with Crippen molar-refractivity contribution in [2.75, 3.05) is 6.61 Å². The highest BCUT2D eigenvalue weighted by atomic mass is 16.5. The molecule has 0 radical (unpaired) electrons. The number of carbonyl (C=O) groups is 1. The fourth-order valence-corrected chi connectivity index (χ4v) is 2.78. The van der Waals surface area contributed by atoms with Crippen molar-refractivity contribution in [2.45, 2.75) is 27.2 Å². The molecule has 0 aliphatic heterocycles. The Kier molecular flexibility index (Phi) is 4.20. The number of carbonyl (C=O) groups excluding carboxylic acids is 1. The average molecular weight is 325 g/mol. The lowest BCUT2D eigenvalue weighted by molar-refractivity contribution is 0.0527. The molecule has 0 aliphatic carbocycles. The van der Waals surface area contributed by atoms with E-state index in [1.54, 1.807) is 20.8 Å². The second-order valence-corrected chi connectivity index (χ2v) is 5.63. The van der Waals surface area contributed by atoms with E-state index < -0.39 is 5.97 Å². The van der Waals surface area contributed by atoms with Crippen LogP contribution in [0.2, 0.25) is 0 Å². The van der Waals surface area contributed by atoms with E-state index in [-0.39, 0.29) is 12.2 Å². The van der Waals surface area contributed by atoms with E-state index in [4.69, 9.17) is 4.74 Å². The maximum absolute atomic E-state index is 12.8. The Balaban J connectivity index is 2.15. The van der Waals surface area contributed by atoms with E-state index in [0.717, 1.165) is 5.56 Å². The number of rotatable bonds is 4. The molecular weight excluding hydrogens is 306 g/mol. The molecule has 6 nitrogen and oxygen atoms in total. The molecule has 0 spiro atoms. The topological polar surface area (TPSA) is 76.5 Å². The number of aromatic nitrogens is 3. The highest BCUT2D eigenvalue weighted by Gasteiger charge is 2.22. The standard InChI is InChI=1S/C18H19N3O3/c1-4-24-18(23)15-12(3)20-21-16(15)19-11(2)14(17(21)22)10-13-8-6-5-7-9-13/h5-9,20H,4,10H2,1-3H3. The van der Waals surface area contributed by atoms with Gasteiger partial charge < -0.3 is 4.74 Å². The summed E-state index contributed by atoms with van der Waals surface area (Å²) in [6.45, 7) is 5.53. The number of aromatic amines is 1. The normalized spacial score (nSPS) is 11.0. The molecule has 1 aromatic carbocycles. The van der Waals surface area contributed by atoms with Crippen molar-refractivity contribution < 1.29 is 9.53 Å². The van der Waals surface area contributed by atoms with Gasteiger partial charge in [-0.25, -0.2) is 14.3 Å². The van der Waals surface area contributed by atoms with E-state index in [1.807, 2.05) is 30.3 Å². The van der Waals surface area contributed by atoms with Gasteiger partial charge >= 0.3 is 5.97 Å². The van der Waals surface area contributed by atoms with Crippen molar-refractivity contribution >= 4 is 11.6 Å². The van der Waals surface area contributed by atoms with E-state index in [0.29, 0.717) is 34.6 Å². The van der Waals surface area contributed by atoms with Gasteiger partial charge in [-0.05, 0) is 26.3 Å². The molecule has 3 rings (SSSR count). The molecule has 0 fully saturated rings. The van der Waals surface area contributed by atoms with Gasteiger partial charge in [0.05, 0.1) is 6.61 Å². The van der Waals surface area contributed by atoms with Gasteiger partial charge in [0.2, 0.25) is 0 Å². The summed E-state index contributed by atoms with van der Waals surface area (Å²) < 4.78 is 6.39. The molecule has 24 heavy (non-hydrogen) atoms. The predicted molar refractivity (Wildman–Crippen MR) is 90.5 cm³/mol. The molecule has 0 atom stereocenters. The highest BCUT2D eigenvalue weighted by molar-refractivity contribution is 5.97. The highest BCUT2D eigenvalue weighted by Crippen LogP contribution is 2.16. The summed E-state index contributed by atoms with van der Waals surface area (Å²) in [6.07, 6.45) is 0.494. The van der Waals surface area contributed by atoms with Crippen LogP contribution >= 0.6 is 0 Å². The van der Waals surface area contributed by atoms with E-state index in [1.165, 1.54) is 4.52 Å². The van der Waals surface area contributed by atoms with Gasteiger partial charge in [-0.1, -0.05) is 30.3 Å². The zero-order valence-corrected chi connectivity index (χ0v) is 13.9. The maximum atomic E-state index is 12.8. The van der Waals surface area contributed by atoms with Crippen LogP contribution in [0, 0.1) is 13.8 Å². The molecule has 0 saturated carbocycles. The molecule has 6 heteroatoms. The van der Waals surface area contributed by atoms with Crippen LogP contribution in [0.25, 0.3) is 5.65 Å². The van der Waals surface area contributed by atoms with Crippen molar-refractivity contribution in [1.29, 1.82) is 0 Å². The number of hydrogen-bond donors (Lipinski definition) is 1. The van der Waals surface area contributed by atoms with Gasteiger partial charge in [0.1, 0.15) is 5.56 Å². The molecule has 2 heterocycles. The monoisotopic (exact) mass is 325 g/mol. The van der Waals surface area contributed by atoms with Crippen LogP contribution in [0.15, 0.2) is 35.1 Å². The average Bonchev–Trinajstić information content (AvgIpc) is 2.89. The third-order valence-electron chi connectivity index (χ3n) is 3.96. The Bertz CT molecular complexity index is 955. The fourth-order valence-electron chi connectivity index (χ4n) is 2.78. The number of esters is 1. The summed E-state index contributed by atoms with van der Waals surface area (Å²) in [6, 6.07) is 9.75. The number of nitrogens with one attached hydrogen (secondary N) is 1. The minimum atomic E-state index is -0.476. The summed E-state index contributed by atoms with van der Waals surface area (Å²) in [5, 5.41) is 2.93. The zero-order chi connectivity index (χ0) is 17.3. The molecule has 0 amide bonds. The third kappa shape index (κ3) is 2.71. The first-order valence-corrected chi connectivity index (χ1v) is 7.84.